The average molecular weight is 294 g/mol. The molecule has 0 aliphatic carbocycles. The molecule has 0 radical (unpaired) electrons. The number of nitrogens with two attached hydrogens (primary N) is 1. The van der Waals surface area contributed by atoms with E-state index in [1.54, 1.807) is 0 Å². The predicted octanol–water partition coefficient (Wildman–Crippen LogP) is 3.42. The molecular formula is C13H16BrN3. The van der Waals surface area contributed by atoms with Gasteiger partial charge in [-0.15, -0.1) is 0 Å². The van der Waals surface area contributed by atoms with Gasteiger partial charge >= 0.3 is 0 Å². The third-order valence-electron chi connectivity index (χ3n) is 2.72. The molecule has 3 nitrogen and oxygen atoms in total. The number of hydrogen-bond donors (Lipinski definition) is 2. The second-order valence-corrected chi connectivity index (χ2v) is 5.20. The molecule has 2 rings (SSSR count). The van der Waals surface area contributed by atoms with E-state index >= 15 is 0 Å². The molecule has 0 spiro atoms. The van der Waals surface area contributed by atoms with Gasteiger partial charge in [-0.2, -0.15) is 0 Å². The number of halogens is 1. The van der Waals surface area contributed by atoms with Crippen LogP contribution in [0.25, 0.3) is 11.3 Å². The normalized spacial score (nSPS) is 11.1. The van der Waals surface area contributed by atoms with Crippen LogP contribution in [0.2, 0.25) is 0 Å². The van der Waals surface area contributed by atoms with Crippen LogP contribution in [-0.2, 0) is 6.54 Å². The highest BCUT2D eigenvalue weighted by atomic mass is 79.9. The van der Waals surface area contributed by atoms with Crippen LogP contribution in [-0.4, -0.2) is 9.97 Å². The van der Waals surface area contributed by atoms with Gasteiger partial charge in [0.15, 0.2) is 0 Å². The summed E-state index contributed by atoms with van der Waals surface area (Å²) in [5, 5.41) is 0. The summed E-state index contributed by atoms with van der Waals surface area (Å²) < 4.78 is 1.05. The highest BCUT2D eigenvalue weighted by molar-refractivity contribution is 9.10. The van der Waals surface area contributed by atoms with E-state index in [9.17, 15) is 0 Å². The van der Waals surface area contributed by atoms with Gasteiger partial charge in [0.25, 0.3) is 0 Å². The lowest BCUT2D eigenvalue weighted by Crippen LogP contribution is -1.97. The Morgan fingerprint density at radius 1 is 1.41 bits per heavy atom. The summed E-state index contributed by atoms with van der Waals surface area (Å²) in [5.74, 6) is 1.42. The highest BCUT2D eigenvalue weighted by Gasteiger charge is 2.07. The van der Waals surface area contributed by atoms with Crippen molar-refractivity contribution in [3.05, 3.63) is 40.3 Å². The van der Waals surface area contributed by atoms with E-state index in [1.807, 2.05) is 12.3 Å². The number of aromatic amines is 1. The molecule has 17 heavy (non-hydrogen) atoms. The minimum absolute atomic E-state index is 0.410. The number of imidazole rings is 1. The fourth-order valence-corrected chi connectivity index (χ4v) is 2.08. The highest BCUT2D eigenvalue weighted by Crippen LogP contribution is 2.25. The first-order valence-electron chi connectivity index (χ1n) is 5.65. The first kappa shape index (κ1) is 12.3. The molecule has 0 bridgehead atoms. The van der Waals surface area contributed by atoms with Gasteiger partial charge in [0.05, 0.1) is 11.9 Å². The maximum Gasteiger partial charge on any atom is 0.109 e. The smallest absolute Gasteiger partial charge is 0.109 e. The van der Waals surface area contributed by atoms with E-state index in [-0.39, 0.29) is 0 Å². The molecule has 1 heterocycles. The summed E-state index contributed by atoms with van der Waals surface area (Å²) in [7, 11) is 0. The summed E-state index contributed by atoms with van der Waals surface area (Å²) in [6.07, 6.45) is 1.87. The van der Waals surface area contributed by atoms with Crippen LogP contribution < -0.4 is 5.73 Å². The number of rotatable bonds is 3. The van der Waals surface area contributed by atoms with Crippen molar-refractivity contribution in [2.45, 2.75) is 26.3 Å². The molecule has 4 heteroatoms. The Bertz CT molecular complexity index is 517. The van der Waals surface area contributed by atoms with Gasteiger partial charge in [0.2, 0.25) is 0 Å². The average Bonchev–Trinajstić information content (AvgIpc) is 2.79. The molecule has 0 amide bonds. The fraction of sp³-hybridized carbons (Fsp3) is 0.308. The molecule has 0 fully saturated rings. The van der Waals surface area contributed by atoms with Crippen molar-refractivity contribution in [1.82, 2.24) is 9.97 Å². The molecule has 2 aromatic rings. The van der Waals surface area contributed by atoms with Crippen LogP contribution in [0.4, 0.5) is 0 Å². The summed E-state index contributed by atoms with van der Waals surface area (Å²) in [5.41, 5.74) is 8.95. The second-order valence-electron chi connectivity index (χ2n) is 4.35. The molecule has 3 N–H and O–H groups in total. The van der Waals surface area contributed by atoms with Crippen LogP contribution in [0.15, 0.2) is 28.9 Å². The number of H-pyrrole nitrogens is 1. The van der Waals surface area contributed by atoms with Crippen LogP contribution in [0.3, 0.4) is 0 Å². The molecule has 0 unspecified atom stereocenters. The number of nitrogens with one attached hydrogen (secondary N) is 1. The Balaban J connectivity index is 2.38. The van der Waals surface area contributed by atoms with Gasteiger partial charge in [-0.1, -0.05) is 35.8 Å². The van der Waals surface area contributed by atoms with Gasteiger partial charge in [0, 0.05) is 16.9 Å². The van der Waals surface area contributed by atoms with E-state index in [1.165, 1.54) is 0 Å². The Labute approximate surface area is 110 Å². The number of hydrogen-bond acceptors (Lipinski definition) is 2. The van der Waals surface area contributed by atoms with E-state index < -0.39 is 0 Å². The van der Waals surface area contributed by atoms with Crippen molar-refractivity contribution in [2.75, 3.05) is 0 Å². The molecular weight excluding hydrogens is 278 g/mol. The van der Waals surface area contributed by atoms with Crippen molar-refractivity contribution < 1.29 is 0 Å². The van der Waals surface area contributed by atoms with Crippen molar-refractivity contribution in [2.24, 2.45) is 5.73 Å². The second kappa shape index (κ2) is 5.02. The standard InChI is InChI=1S/C13H16BrN3/c1-8(2)13-16-7-12(17-13)9-3-4-11(14)10(5-9)6-15/h3-5,7-8H,6,15H2,1-2H3,(H,16,17). The number of nitrogens with zero attached hydrogens (tertiary/aromatic N) is 1. The minimum Gasteiger partial charge on any atom is -0.342 e. The molecule has 0 aliphatic heterocycles. The first-order valence-corrected chi connectivity index (χ1v) is 6.45. The Kier molecular flexibility index (Phi) is 3.64. The van der Waals surface area contributed by atoms with Crippen LogP contribution in [0, 0.1) is 0 Å². The van der Waals surface area contributed by atoms with Crippen LogP contribution >= 0.6 is 15.9 Å². The zero-order valence-corrected chi connectivity index (χ0v) is 11.6. The van der Waals surface area contributed by atoms with E-state index in [0.717, 1.165) is 27.1 Å². The molecule has 0 saturated heterocycles. The zero-order chi connectivity index (χ0) is 12.4. The quantitative estimate of drug-likeness (QED) is 0.911. The lowest BCUT2D eigenvalue weighted by Gasteiger charge is -2.04. The molecule has 90 valence electrons. The zero-order valence-electron chi connectivity index (χ0n) is 10.00. The van der Waals surface area contributed by atoms with Gasteiger partial charge in [-0.25, -0.2) is 4.98 Å². The topological polar surface area (TPSA) is 54.7 Å². The van der Waals surface area contributed by atoms with Crippen LogP contribution in [0.1, 0.15) is 31.2 Å². The molecule has 1 aromatic heterocycles. The summed E-state index contributed by atoms with van der Waals surface area (Å²) in [6, 6.07) is 6.16. The SMILES string of the molecule is CC(C)c1ncc(-c2ccc(Br)c(CN)c2)[nH]1. The Hall–Kier alpha value is -1.13. The molecule has 1 aromatic carbocycles. The van der Waals surface area contributed by atoms with E-state index in [4.69, 9.17) is 5.73 Å². The van der Waals surface area contributed by atoms with Crippen molar-refractivity contribution in [3.63, 3.8) is 0 Å². The van der Waals surface area contributed by atoms with E-state index in [0.29, 0.717) is 12.5 Å². The number of aromatic nitrogens is 2. The summed E-state index contributed by atoms with van der Waals surface area (Å²) in [6.45, 7) is 4.77. The Morgan fingerprint density at radius 2 is 2.18 bits per heavy atom. The maximum absolute atomic E-state index is 5.70. The predicted molar refractivity (Wildman–Crippen MR) is 73.7 cm³/mol. The third-order valence-corrected chi connectivity index (χ3v) is 3.49. The Morgan fingerprint density at radius 3 is 2.76 bits per heavy atom. The summed E-state index contributed by atoms with van der Waals surface area (Å²) in [4.78, 5) is 7.70. The largest absolute Gasteiger partial charge is 0.342 e. The minimum atomic E-state index is 0.410. The third kappa shape index (κ3) is 2.58. The lowest BCUT2D eigenvalue weighted by atomic mass is 10.1. The fourth-order valence-electron chi connectivity index (χ4n) is 1.68. The first-order chi connectivity index (χ1) is 8.11. The van der Waals surface area contributed by atoms with Crippen molar-refractivity contribution >= 4 is 15.9 Å². The molecule has 0 aliphatic rings. The number of benzene rings is 1. The molecule has 0 saturated carbocycles. The van der Waals surface area contributed by atoms with Crippen LogP contribution in [0.5, 0.6) is 0 Å². The van der Waals surface area contributed by atoms with E-state index in [2.05, 4.69) is 51.9 Å². The van der Waals surface area contributed by atoms with Gasteiger partial charge in [0.1, 0.15) is 5.82 Å². The van der Waals surface area contributed by atoms with Gasteiger partial charge < -0.3 is 10.7 Å². The van der Waals surface area contributed by atoms with Gasteiger partial charge in [-0.3, -0.25) is 0 Å². The van der Waals surface area contributed by atoms with Crippen molar-refractivity contribution in [3.8, 4) is 11.3 Å². The maximum atomic E-state index is 5.70. The van der Waals surface area contributed by atoms with Crippen molar-refractivity contribution in [1.29, 1.82) is 0 Å². The molecule has 0 atom stereocenters. The monoisotopic (exact) mass is 293 g/mol. The summed E-state index contributed by atoms with van der Waals surface area (Å²) >= 11 is 3.49. The van der Waals surface area contributed by atoms with Gasteiger partial charge in [-0.05, 0) is 23.3 Å². The lowest BCUT2D eigenvalue weighted by molar-refractivity contribution is 0.795.